The zero-order chi connectivity index (χ0) is 14.5. The van der Waals surface area contributed by atoms with E-state index in [2.05, 4.69) is 15.5 Å². The molecule has 0 unspecified atom stereocenters. The first-order valence-electron chi connectivity index (χ1n) is 6.00. The first-order chi connectivity index (χ1) is 9.60. The van der Waals surface area contributed by atoms with E-state index in [1.807, 2.05) is 6.92 Å². The number of hydrogen-bond acceptors (Lipinski definition) is 3. The lowest BCUT2D eigenvalue weighted by Gasteiger charge is -2.08. The molecule has 2 aromatic rings. The van der Waals surface area contributed by atoms with Crippen molar-refractivity contribution in [1.29, 1.82) is 0 Å². The Kier molecular flexibility index (Phi) is 4.87. The van der Waals surface area contributed by atoms with Gasteiger partial charge in [-0.3, -0.25) is 9.89 Å². The fourth-order valence-electron chi connectivity index (χ4n) is 1.58. The van der Waals surface area contributed by atoms with Crippen LogP contribution in [0, 0.1) is 0 Å². The number of benzene rings is 1. The normalized spacial score (nSPS) is 10.3. The summed E-state index contributed by atoms with van der Waals surface area (Å²) in [5.74, 6) is 0.792. The lowest BCUT2D eigenvalue weighted by molar-refractivity contribution is -0.118. The highest BCUT2D eigenvalue weighted by Gasteiger charge is 2.09. The van der Waals surface area contributed by atoms with Crippen LogP contribution in [0.15, 0.2) is 24.4 Å². The Balaban J connectivity index is 1.90. The van der Waals surface area contributed by atoms with Crippen LogP contribution in [-0.2, 0) is 11.2 Å². The third-order valence-electron chi connectivity index (χ3n) is 2.62. The zero-order valence-corrected chi connectivity index (χ0v) is 12.3. The second kappa shape index (κ2) is 6.63. The highest BCUT2D eigenvalue weighted by molar-refractivity contribution is 6.42. The molecule has 1 aromatic carbocycles. The molecule has 0 radical (unpaired) electrons. The smallest absolute Gasteiger partial charge is 0.263 e. The third kappa shape index (κ3) is 3.65. The molecule has 0 atom stereocenters. The molecule has 5 nitrogen and oxygen atoms in total. The summed E-state index contributed by atoms with van der Waals surface area (Å²) in [6.07, 6.45) is 2.45. The molecule has 0 bridgehead atoms. The lowest BCUT2D eigenvalue weighted by Crippen LogP contribution is -2.21. The van der Waals surface area contributed by atoms with Crippen molar-refractivity contribution in [1.82, 2.24) is 10.2 Å². The summed E-state index contributed by atoms with van der Waals surface area (Å²) in [7, 11) is 0. The first kappa shape index (κ1) is 14.7. The third-order valence-corrected chi connectivity index (χ3v) is 3.36. The molecular formula is C13H13Cl2N3O2. The quantitative estimate of drug-likeness (QED) is 0.890. The van der Waals surface area contributed by atoms with Gasteiger partial charge >= 0.3 is 0 Å². The van der Waals surface area contributed by atoms with Crippen LogP contribution in [0.2, 0.25) is 10.0 Å². The molecule has 0 spiro atoms. The maximum atomic E-state index is 11.8. The number of carbonyl (C=O) groups excluding carboxylic acids is 1. The van der Waals surface area contributed by atoms with Crippen molar-refractivity contribution in [3.05, 3.63) is 40.0 Å². The molecule has 0 aliphatic rings. The lowest BCUT2D eigenvalue weighted by atomic mass is 10.2. The molecular weight excluding hydrogens is 301 g/mol. The average molecular weight is 314 g/mol. The molecule has 1 amide bonds. The van der Waals surface area contributed by atoms with Crippen LogP contribution in [0.1, 0.15) is 12.5 Å². The van der Waals surface area contributed by atoms with Crippen LogP contribution in [0.5, 0.6) is 5.75 Å². The molecule has 0 saturated heterocycles. The molecule has 2 rings (SSSR count). The number of halogens is 2. The summed E-state index contributed by atoms with van der Waals surface area (Å²) in [6.45, 7) is 1.85. The van der Waals surface area contributed by atoms with E-state index in [9.17, 15) is 4.79 Å². The molecule has 0 aliphatic carbocycles. The van der Waals surface area contributed by atoms with Gasteiger partial charge in [0, 0.05) is 11.6 Å². The maximum Gasteiger partial charge on any atom is 0.263 e. The SMILES string of the molecule is CCc1cn[nH]c1NC(=O)COc1ccc(Cl)c(Cl)c1. The number of aryl methyl sites for hydroxylation is 1. The van der Waals surface area contributed by atoms with E-state index < -0.39 is 0 Å². The Hall–Kier alpha value is -1.72. The summed E-state index contributed by atoms with van der Waals surface area (Å²) < 4.78 is 5.34. The van der Waals surface area contributed by atoms with Gasteiger partial charge < -0.3 is 10.1 Å². The Morgan fingerprint density at radius 1 is 1.40 bits per heavy atom. The largest absolute Gasteiger partial charge is 0.484 e. The predicted octanol–water partition coefficient (Wildman–Crippen LogP) is 3.30. The highest BCUT2D eigenvalue weighted by Crippen LogP contribution is 2.26. The van der Waals surface area contributed by atoms with Crippen molar-refractivity contribution in [3.8, 4) is 5.75 Å². The number of H-pyrrole nitrogens is 1. The van der Waals surface area contributed by atoms with Crippen molar-refractivity contribution >= 4 is 34.9 Å². The van der Waals surface area contributed by atoms with Gasteiger partial charge in [-0.05, 0) is 18.6 Å². The van der Waals surface area contributed by atoms with Crippen molar-refractivity contribution in [2.45, 2.75) is 13.3 Å². The number of amides is 1. The summed E-state index contributed by atoms with van der Waals surface area (Å²) in [6, 6.07) is 4.82. The summed E-state index contributed by atoms with van der Waals surface area (Å²) >= 11 is 11.7. The monoisotopic (exact) mass is 313 g/mol. The second-order valence-electron chi connectivity index (χ2n) is 4.04. The number of aromatic amines is 1. The minimum Gasteiger partial charge on any atom is -0.484 e. The van der Waals surface area contributed by atoms with Gasteiger partial charge in [0.15, 0.2) is 6.61 Å². The van der Waals surface area contributed by atoms with E-state index in [-0.39, 0.29) is 12.5 Å². The number of ether oxygens (including phenoxy) is 1. The fraction of sp³-hybridized carbons (Fsp3) is 0.231. The number of nitrogens with one attached hydrogen (secondary N) is 2. The molecule has 7 heteroatoms. The van der Waals surface area contributed by atoms with Crippen molar-refractivity contribution < 1.29 is 9.53 Å². The first-order valence-corrected chi connectivity index (χ1v) is 6.75. The number of anilines is 1. The van der Waals surface area contributed by atoms with Crippen LogP contribution in [0.3, 0.4) is 0 Å². The van der Waals surface area contributed by atoms with E-state index in [1.54, 1.807) is 24.4 Å². The molecule has 2 N–H and O–H groups in total. The van der Waals surface area contributed by atoms with E-state index in [1.165, 1.54) is 0 Å². The van der Waals surface area contributed by atoms with Crippen LogP contribution in [-0.4, -0.2) is 22.7 Å². The number of rotatable bonds is 5. The zero-order valence-electron chi connectivity index (χ0n) is 10.7. The van der Waals surface area contributed by atoms with Gasteiger partial charge in [-0.1, -0.05) is 30.1 Å². The Bertz CT molecular complexity index is 613. The minimum atomic E-state index is -0.282. The molecule has 0 aliphatic heterocycles. The van der Waals surface area contributed by atoms with Crippen LogP contribution in [0.25, 0.3) is 0 Å². The highest BCUT2D eigenvalue weighted by atomic mass is 35.5. The fourth-order valence-corrected chi connectivity index (χ4v) is 1.87. The van der Waals surface area contributed by atoms with Gasteiger partial charge in [0.25, 0.3) is 5.91 Å². The molecule has 0 saturated carbocycles. The Morgan fingerprint density at radius 3 is 2.90 bits per heavy atom. The summed E-state index contributed by atoms with van der Waals surface area (Å²) in [4.78, 5) is 11.8. The van der Waals surface area contributed by atoms with Crippen LogP contribution in [0.4, 0.5) is 5.82 Å². The van der Waals surface area contributed by atoms with Gasteiger partial charge in [-0.25, -0.2) is 0 Å². The number of carbonyl (C=O) groups is 1. The van der Waals surface area contributed by atoms with Gasteiger partial charge in [0.05, 0.1) is 16.2 Å². The van der Waals surface area contributed by atoms with E-state index in [0.717, 1.165) is 12.0 Å². The Morgan fingerprint density at radius 2 is 2.20 bits per heavy atom. The number of nitrogens with zero attached hydrogens (tertiary/aromatic N) is 1. The van der Waals surface area contributed by atoms with Crippen LogP contribution < -0.4 is 10.1 Å². The predicted molar refractivity (Wildman–Crippen MR) is 78.6 cm³/mol. The number of hydrogen-bond donors (Lipinski definition) is 2. The second-order valence-corrected chi connectivity index (χ2v) is 4.85. The van der Waals surface area contributed by atoms with Gasteiger partial charge in [0.2, 0.25) is 0 Å². The van der Waals surface area contributed by atoms with Gasteiger partial charge in [0.1, 0.15) is 11.6 Å². The van der Waals surface area contributed by atoms with Gasteiger partial charge in [-0.15, -0.1) is 0 Å². The standard InChI is InChI=1S/C13H13Cl2N3O2/c1-2-8-6-16-18-13(8)17-12(19)7-20-9-3-4-10(14)11(15)5-9/h3-6H,2,7H2,1H3,(H2,16,17,18,19). The van der Waals surface area contributed by atoms with Crippen LogP contribution >= 0.6 is 23.2 Å². The maximum absolute atomic E-state index is 11.8. The van der Waals surface area contributed by atoms with E-state index >= 15 is 0 Å². The van der Waals surface area contributed by atoms with Crippen molar-refractivity contribution in [3.63, 3.8) is 0 Å². The molecule has 106 valence electrons. The average Bonchev–Trinajstić information content (AvgIpc) is 2.87. The minimum absolute atomic E-state index is 0.125. The molecule has 20 heavy (non-hydrogen) atoms. The topological polar surface area (TPSA) is 67.0 Å². The molecule has 1 aromatic heterocycles. The van der Waals surface area contributed by atoms with Crippen molar-refractivity contribution in [2.24, 2.45) is 0 Å². The number of aromatic nitrogens is 2. The molecule has 1 heterocycles. The Labute approximate surface area is 126 Å². The van der Waals surface area contributed by atoms with Crippen molar-refractivity contribution in [2.75, 3.05) is 11.9 Å². The van der Waals surface area contributed by atoms with Gasteiger partial charge in [-0.2, -0.15) is 5.10 Å². The van der Waals surface area contributed by atoms with E-state index in [4.69, 9.17) is 27.9 Å². The van der Waals surface area contributed by atoms with E-state index in [0.29, 0.717) is 21.6 Å². The summed E-state index contributed by atoms with van der Waals surface area (Å²) in [5.41, 5.74) is 0.938. The summed E-state index contributed by atoms with van der Waals surface area (Å²) in [5, 5.41) is 10.1. The molecule has 0 fully saturated rings.